The maximum absolute atomic E-state index is 6.45. The van der Waals surface area contributed by atoms with Crippen LogP contribution in [0.5, 0.6) is 0 Å². The second-order valence-electron chi connectivity index (χ2n) is 13.8. The highest BCUT2D eigenvalue weighted by atomic mass is 16.3. The molecule has 3 heterocycles. The number of pyridine rings is 1. The maximum Gasteiger partial charge on any atom is 0.164 e. The van der Waals surface area contributed by atoms with Gasteiger partial charge in [-0.05, 0) is 92.5 Å². The number of nitrogens with zero attached hydrogens (tertiary/aromatic N) is 4. The Bertz CT molecular complexity index is 3110. The smallest absolute Gasteiger partial charge is 0.164 e. The molecule has 53 heavy (non-hydrogen) atoms. The largest absolute Gasteiger partial charge is 0.456 e. The molecule has 0 N–H and O–H groups in total. The van der Waals surface area contributed by atoms with E-state index in [0.29, 0.717) is 23.4 Å². The van der Waals surface area contributed by atoms with Gasteiger partial charge in [-0.25, -0.2) is 15.0 Å². The van der Waals surface area contributed by atoms with Crippen LogP contribution in [0.3, 0.4) is 0 Å². The molecule has 2 aliphatic carbocycles. The quantitative estimate of drug-likeness (QED) is 0.185. The number of allylic oxidation sites excluding steroid dienone is 8. The fourth-order valence-corrected chi connectivity index (χ4v) is 8.07. The molecule has 6 aromatic carbocycles. The van der Waals surface area contributed by atoms with Crippen molar-refractivity contribution in [2.45, 2.75) is 6.42 Å². The summed E-state index contributed by atoms with van der Waals surface area (Å²) < 4.78 is 6.45. The van der Waals surface area contributed by atoms with E-state index in [-0.39, 0.29) is 0 Å². The number of hydrogen-bond acceptors (Lipinski definition) is 5. The summed E-state index contributed by atoms with van der Waals surface area (Å²) in [6, 6.07) is 40.4. The number of rotatable bonds is 4. The van der Waals surface area contributed by atoms with Gasteiger partial charge < -0.3 is 4.42 Å². The fraction of sp³-hybridized carbons (Fsp3) is 0.0417. The molecular formula is C48H30N4O. The van der Waals surface area contributed by atoms with Gasteiger partial charge in [0, 0.05) is 51.2 Å². The Morgan fingerprint density at radius 2 is 1.38 bits per heavy atom. The Labute approximate surface area is 305 Å². The summed E-state index contributed by atoms with van der Waals surface area (Å²) in [5.41, 5.74) is 8.15. The lowest BCUT2D eigenvalue weighted by Crippen LogP contribution is -2.08. The summed E-state index contributed by atoms with van der Waals surface area (Å²) in [6.07, 6.45) is 17.8. The highest BCUT2D eigenvalue weighted by molar-refractivity contribution is 6.19. The van der Waals surface area contributed by atoms with E-state index < -0.39 is 0 Å². The minimum absolute atomic E-state index is 0.386. The van der Waals surface area contributed by atoms with Crippen molar-refractivity contribution in [1.29, 1.82) is 0 Å². The lowest BCUT2D eigenvalue weighted by Gasteiger charge is -2.21. The first kappa shape index (κ1) is 29.7. The van der Waals surface area contributed by atoms with Crippen LogP contribution >= 0.6 is 0 Å². The topological polar surface area (TPSA) is 64.7 Å². The summed E-state index contributed by atoms with van der Waals surface area (Å²) in [5.74, 6) is 2.37. The minimum atomic E-state index is 0.386. The lowest BCUT2D eigenvalue weighted by molar-refractivity contribution is 0.669. The van der Waals surface area contributed by atoms with E-state index >= 15 is 0 Å². The molecule has 0 saturated heterocycles. The standard InChI is InChI=1S/C48H30N4O/c1-3-9-31-25-34(17-15-29(31)7-1)46-50-47(35-18-16-30-8-2-4-10-32(30)26-35)52-48(51-46)41-14-6-12-39-37(11-5-13-40(39)41)33-19-21-42-44(27-33)53-43-22-20-36-28-49-24-23-38(36)45(42)43/h1-15,17-28,30H,16H2. The van der Waals surface area contributed by atoms with Crippen LogP contribution in [0.1, 0.15) is 12.2 Å². The number of furan rings is 1. The lowest BCUT2D eigenvalue weighted by atomic mass is 9.85. The van der Waals surface area contributed by atoms with Gasteiger partial charge in [0.25, 0.3) is 0 Å². The van der Waals surface area contributed by atoms with Crippen molar-refractivity contribution in [2.24, 2.45) is 5.92 Å². The molecule has 5 heteroatoms. The van der Waals surface area contributed by atoms with E-state index in [2.05, 4.69) is 151 Å². The summed E-state index contributed by atoms with van der Waals surface area (Å²) in [7, 11) is 0. The van der Waals surface area contributed by atoms with Crippen LogP contribution in [0.15, 0.2) is 174 Å². The van der Waals surface area contributed by atoms with Crippen molar-refractivity contribution in [3.8, 4) is 33.9 Å². The van der Waals surface area contributed by atoms with Gasteiger partial charge in [-0.1, -0.05) is 109 Å². The van der Waals surface area contributed by atoms with Crippen molar-refractivity contribution in [3.63, 3.8) is 0 Å². The number of benzene rings is 6. The van der Waals surface area contributed by atoms with Gasteiger partial charge in [0.15, 0.2) is 17.5 Å². The van der Waals surface area contributed by atoms with Crippen molar-refractivity contribution in [1.82, 2.24) is 19.9 Å². The second kappa shape index (κ2) is 11.8. The molecule has 0 bridgehead atoms. The molecule has 1 atom stereocenters. The van der Waals surface area contributed by atoms with Crippen LogP contribution in [-0.4, -0.2) is 19.9 Å². The fourth-order valence-electron chi connectivity index (χ4n) is 8.07. The third-order valence-corrected chi connectivity index (χ3v) is 10.7. The summed E-state index contributed by atoms with van der Waals surface area (Å²) in [5, 5.41) is 8.98. The molecule has 248 valence electrons. The summed E-state index contributed by atoms with van der Waals surface area (Å²) in [4.78, 5) is 19.8. The average Bonchev–Trinajstić information content (AvgIpc) is 3.61. The van der Waals surface area contributed by atoms with E-state index in [1.165, 1.54) is 11.0 Å². The second-order valence-corrected chi connectivity index (χ2v) is 13.8. The van der Waals surface area contributed by atoms with Gasteiger partial charge in [0.1, 0.15) is 11.2 Å². The number of aromatic nitrogens is 4. The van der Waals surface area contributed by atoms with Gasteiger partial charge in [-0.3, -0.25) is 4.98 Å². The molecular weight excluding hydrogens is 649 g/mol. The molecule has 9 aromatic rings. The van der Waals surface area contributed by atoms with Crippen molar-refractivity contribution < 1.29 is 4.42 Å². The molecule has 3 aromatic heterocycles. The predicted octanol–water partition coefficient (Wildman–Crippen LogP) is 12.1. The zero-order chi connectivity index (χ0) is 34.9. The highest BCUT2D eigenvalue weighted by Gasteiger charge is 2.21. The Morgan fingerprint density at radius 1 is 0.566 bits per heavy atom. The zero-order valence-electron chi connectivity index (χ0n) is 28.6. The van der Waals surface area contributed by atoms with Gasteiger partial charge in [-0.15, -0.1) is 0 Å². The first-order valence-electron chi connectivity index (χ1n) is 18.0. The first-order chi connectivity index (χ1) is 26.2. The van der Waals surface area contributed by atoms with Crippen LogP contribution in [0.25, 0.3) is 93.7 Å². The minimum Gasteiger partial charge on any atom is -0.456 e. The van der Waals surface area contributed by atoms with E-state index in [0.717, 1.165) is 83.1 Å². The highest BCUT2D eigenvalue weighted by Crippen LogP contribution is 2.40. The van der Waals surface area contributed by atoms with Gasteiger partial charge in [0.05, 0.1) is 0 Å². The monoisotopic (exact) mass is 678 g/mol. The average molecular weight is 679 g/mol. The Kier molecular flexibility index (Phi) is 6.61. The maximum atomic E-state index is 6.45. The predicted molar refractivity (Wildman–Crippen MR) is 216 cm³/mol. The van der Waals surface area contributed by atoms with Crippen molar-refractivity contribution in [3.05, 3.63) is 176 Å². The molecule has 0 spiro atoms. The van der Waals surface area contributed by atoms with Crippen LogP contribution < -0.4 is 0 Å². The van der Waals surface area contributed by atoms with E-state index in [1.807, 2.05) is 18.5 Å². The molecule has 2 aliphatic rings. The van der Waals surface area contributed by atoms with Crippen molar-refractivity contribution in [2.75, 3.05) is 0 Å². The molecule has 5 nitrogen and oxygen atoms in total. The Balaban J connectivity index is 1.07. The normalized spacial score (nSPS) is 15.4. The summed E-state index contributed by atoms with van der Waals surface area (Å²) in [6.45, 7) is 0. The number of fused-ring (bicyclic) bond motifs is 8. The molecule has 0 aliphatic heterocycles. The van der Waals surface area contributed by atoms with E-state index in [1.54, 1.807) is 0 Å². The first-order valence-corrected chi connectivity index (χ1v) is 18.0. The third-order valence-electron chi connectivity index (χ3n) is 10.7. The molecule has 0 fully saturated rings. The van der Waals surface area contributed by atoms with Crippen LogP contribution in [0, 0.1) is 5.92 Å². The van der Waals surface area contributed by atoms with Crippen LogP contribution in [0.4, 0.5) is 0 Å². The molecule has 0 amide bonds. The Hall–Kier alpha value is -6.98. The van der Waals surface area contributed by atoms with Gasteiger partial charge in [0.2, 0.25) is 0 Å². The summed E-state index contributed by atoms with van der Waals surface area (Å²) >= 11 is 0. The Morgan fingerprint density at radius 3 is 2.32 bits per heavy atom. The van der Waals surface area contributed by atoms with Gasteiger partial charge in [-0.2, -0.15) is 0 Å². The van der Waals surface area contributed by atoms with Crippen LogP contribution in [-0.2, 0) is 0 Å². The van der Waals surface area contributed by atoms with Crippen LogP contribution in [0.2, 0.25) is 0 Å². The SMILES string of the molecule is C1=CC2=CC(c3nc(-c4ccc5ccccc5c4)nc(-c4cccc5c(-c6ccc7c(c6)oc6ccc8cnccc8c67)cccc45)n3)=CCC2C=C1. The zero-order valence-corrected chi connectivity index (χ0v) is 28.6. The van der Waals surface area contributed by atoms with E-state index in [4.69, 9.17) is 19.4 Å². The third kappa shape index (κ3) is 4.93. The number of hydrogen-bond donors (Lipinski definition) is 0. The van der Waals surface area contributed by atoms with Crippen molar-refractivity contribution >= 4 is 59.8 Å². The molecule has 0 radical (unpaired) electrons. The molecule has 11 rings (SSSR count). The van der Waals surface area contributed by atoms with Gasteiger partial charge >= 0.3 is 0 Å². The molecule has 1 unspecified atom stereocenters. The molecule has 0 saturated carbocycles. The van der Waals surface area contributed by atoms with E-state index in [9.17, 15) is 0 Å².